The number of aliphatic carboxylic acids is 1. The van der Waals surface area contributed by atoms with Gasteiger partial charge in [0.15, 0.2) is 5.96 Å². The fourth-order valence-electron chi connectivity index (χ4n) is 2.43. The minimum Gasteiger partial charge on any atom is -0.480 e. The molecule has 0 spiro atoms. The van der Waals surface area contributed by atoms with Crippen LogP contribution in [0.15, 0.2) is 4.99 Å². The van der Waals surface area contributed by atoms with Crippen LogP contribution in [0.4, 0.5) is 0 Å². The first-order chi connectivity index (χ1) is 14.1. The normalized spacial score (nSPS) is 14.5. The quantitative estimate of drug-likeness (QED) is 0.0615. The molecule has 0 aromatic carbocycles. The standard InChI is InChI=1S/C17H33N7O5S/c1-3-9(2)13(16(28)29)24-15(27)11(8-30)23-14(26)10(22-12(25)7-18)5-4-6-21-17(19)20/h9-11,13,30H,3-8,18H2,1-2H3,(H,22,25)(H,23,26)(H,24,27)(H,28,29)(H4,19,20,21). The number of carbonyl (C=O) groups excluding carboxylic acids is 3. The van der Waals surface area contributed by atoms with E-state index in [1.54, 1.807) is 13.8 Å². The van der Waals surface area contributed by atoms with Crippen LogP contribution >= 0.6 is 12.6 Å². The summed E-state index contributed by atoms with van der Waals surface area (Å²) < 4.78 is 0. The highest BCUT2D eigenvalue weighted by molar-refractivity contribution is 7.80. The number of thiol groups is 1. The monoisotopic (exact) mass is 447 g/mol. The zero-order valence-corrected chi connectivity index (χ0v) is 18.2. The van der Waals surface area contributed by atoms with Gasteiger partial charge < -0.3 is 38.3 Å². The van der Waals surface area contributed by atoms with Gasteiger partial charge in [-0.25, -0.2) is 4.79 Å². The van der Waals surface area contributed by atoms with Crippen LogP contribution in [0.1, 0.15) is 33.1 Å². The van der Waals surface area contributed by atoms with Gasteiger partial charge in [-0.2, -0.15) is 12.6 Å². The van der Waals surface area contributed by atoms with Crippen molar-refractivity contribution in [2.45, 2.75) is 51.2 Å². The van der Waals surface area contributed by atoms with Crippen LogP contribution in [0.3, 0.4) is 0 Å². The summed E-state index contributed by atoms with van der Waals surface area (Å²) in [4.78, 5) is 52.0. The first kappa shape index (κ1) is 27.5. The van der Waals surface area contributed by atoms with Crippen molar-refractivity contribution in [1.29, 1.82) is 0 Å². The maximum Gasteiger partial charge on any atom is 0.326 e. The lowest BCUT2D eigenvalue weighted by Gasteiger charge is -2.25. The SMILES string of the molecule is CCC(C)C(NC(=O)C(CS)NC(=O)C(CCCN=C(N)N)NC(=O)CN)C(=O)O. The van der Waals surface area contributed by atoms with E-state index in [2.05, 4.69) is 33.6 Å². The molecule has 0 aromatic rings. The highest BCUT2D eigenvalue weighted by atomic mass is 32.1. The van der Waals surface area contributed by atoms with Gasteiger partial charge in [0.1, 0.15) is 18.1 Å². The van der Waals surface area contributed by atoms with Crippen LogP contribution in [0.2, 0.25) is 0 Å². The Bertz CT molecular complexity index is 628. The molecular weight excluding hydrogens is 414 g/mol. The van der Waals surface area contributed by atoms with E-state index >= 15 is 0 Å². The Balaban J connectivity index is 5.15. The van der Waals surface area contributed by atoms with E-state index in [0.717, 1.165) is 0 Å². The molecule has 0 bridgehead atoms. The van der Waals surface area contributed by atoms with Crippen molar-refractivity contribution in [3.8, 4) is 0 Å². The summed E-state index contributed by atoms with van der Waals surface area (Å²) in [6, 6.07) is -3.17. The Morgan fingerprint density at radius 1 is 1.07 bits per heavy atom. The fraction of sp³-hybridized carbons (Fsp3) is 0.706. The molecule has 0 aliphatic rings. The van der Waals surface area contributed by atoms with Crippen LogP contribution in [0.5, 0.6) is 0 Å². The second-order valence-electron chi connectivity index (χ2n) is 6.73. The van der Waals surface area contributed by atoms with Gasteiger partial charge in [-0.15, -0.1) is 0 Å². The van der Waals surface area contributed by atoms with Gasteiger partial charge in [0.25, 0.3) is 0 Å². The minimum atomic E-state index is -1.17. The molecule has 172 valence electrons. The molecule has 12 nitrogen and oxygen atoms in total. The number of nitrogens with zero attached hydrogens (tertiary/aromatic N) is 1. The van der Waals surface area contributed by atoms with Gasteiger partial charge in [-0.3, -0.25) is 19.4 Å². The number of carboxylic acids is 1. The lowest BCUT2D eigenvalue weighted by atomic mass is 9.99. The summed E-state index contributed by atoms with van der Waals surface area (Å²) in [6.07, 6.45) is 1.12. The smallest absolute Gasteiger partial charge is 0.326 e. The molecule has 4 unspecified atom stereocenters. The Morgan fingerprint density at radius 3 is 2.13 bits per heavy atom. The maximum absolute atomic E-state index is 12.6. The van der Waals surface area contributed by atoms with Gasteiger partial charge in [0, 0.05) is 12.3 Å². The van der Waals surface area contributed by atoms with Crippen molar-refractivity contribution in [1.82, 2.24) is 16.0 Å². The van der Waals surface area contributed by atoms with Crippen LogP contribution in [0, 0.1) is 5.92 Å². The van der Waals surface area contributed by atoms with Crippen molar-refractivity contribution in [3.05, 3.63) is 0 Å². The molecule has 0 rings (SSSR count). The molecule has 0 saturated heterocycles. The Labute approximate surface area is 181 Å². The highest BCUT2D eigenvalue weighted by Crippen LogP contribution is 2.08. The van der Waals surface area contributed by atoms with Crippen LogP contribution in [-0.4, -0.2) is 71.7 Å². The zero-order chi connectivity index (χ0) is 23.3. The van der Waals surface area contributed by atoms with Crippen molar-refractivity contribution >= 4 is 42.3 Å². The zero-order valence-electron chi connectivity index (χ0n) is 17.3. The number of hydrogen-bond acceptors (Lipinski definition) is 7. The van der Waals surface area contributed by atoms with Crippen LogP contribution < -0.4 is 33.2 Å². The van der Waals surface area contributed by atoms with E-state index in [1.165, 1.54) is 0 Å². The van der Waals surface area contributed by atoms with E-state index in [0.29, 0.717) is 12.8 Å². The summed E-state index contributed by atoms with van der Waals surface area (Å²) in [5.41, 5.74) is 15.8. The number of nitrogens with one attached hydrogen (secondary N) is 3. The predicted molar refractivity (Wildman–Crippen MR) is 116 cm³/mol. The van der Waals surface area contributed by atoms with Gasteiger partial charge in [-0.05, 0) is 18.8 Å². The lowest BCUT2D eigenvalue weighted by Crippen LogP contribution is -2.57. The topological polar surface area (TPSA) is 215 Å². The molecule has 10 N–H and O–H groups in total. The molecule has 0 heterocycles. The summed E-state index contributed by atoms with van der Waals surface area (Å²) in [5.74, 6) is -3.52. The molecule has 0 fully saturated rings. The summed E-state index contributed by atoms with van der Waals surface area (Å²) >= 11 is 4.07. The summed E-state index contributed by atoms with van der Waals surface area (Å²) in [6.45, 7) is 3.43. The van der Waals surface area contributed by atoms with Gasteiger partial charge in [0.2, 0.25) is 17.7 Å². The molecule has 0 radical (unpaired) electrons. The van der Waals surface area contributed by atoms with E-state index in [9.17, 15) is 24.3 Å². The Hall–Kier alpha value is -2.54. The lowest BCUT2D eigenvalue weighted by molar-refractivity contribution is -0.143. The molecule has 0 aliphatic heterocycles. The van der Waals surface area contributed by atoms with Crippen molar-refractivity contribution in [3.63, 3.8) is 0 Å². The maximum atomic E-state index is 12.6. The van der Waals surface area contributed by atoms with Gasteiger partial charge >= 0.3 is 5.97 Å². The number of guanidine groups is 1. The molecule has 0 aliphatic carbocycles. The van der Waals surface area contributed by atoms with Crippen molar-refractivity contribution in [2.24, 2.45) is 28.1 Å². The second-order valence-corrected chi connectivity index (χ2v) is 7.09. The van der Waals surface area contributed by atoms with Gasteiger partial charge in [0.05, 0.1) is 6.54 Å². The molecule has 30 heavy (non-hydrogen) atoms. The van der Waals surface area contributed by atoms with E-state index in [4.69, 9.17) is 17.2 Å². The van der Waals surface area contributed by atoms with E-state index in [1.807, 2.05) is 0 Å². The van der Waals surface area contributed by atoms with Crippen molar-refractivity contribution in [2.75, 3.05) is 18.8 Å². The molecule has 3 amide bonds. The molecular formula is C17H33N7O5S. The number of aliphatic imine (C=N–C) groups is 1. The average molecular weight is 448 g/mol. The third-order valence-electron chi connectivity index (χ3n) is 4.37. The highest BCUT2D eigenvalue weighted by Gasteiger charge is 2.30. The second kappa shape index (κ2) is 14.4. The summed E-state index contributed by atoms with van der Waals surface area (Å²) in [5, 5.41) is 16.7. The third-order valence-corrected chi connectivity index (χ3v) is 4.74. The Morgan fingerprint density at radius 2 is 1.67 bits per heavy atom. The van der Waals surface area contributed by atoms with Gasteiger partial charge in [-0.1, -0.05) is 20.3 Å². The third kappa shape index (κ3) is 10.3. The van der Waals surface area contributed by atoms with E-state index < -0.39 is 41.8 Å². The van der Waals surface area contributed by atoms with Crippen LogP contribution in [0.25, 0.3) is 0 Å². The predicted octanol–water partition coefficient (Wildman–Crippen LogP) is -2.49. The number of rotatable bonds is 14. The first-order valence-electron chi connectivity index (χ1n) is 9.56. The van der Waals surface area contributed by atoms with Crippen molar-refractivity contribution < 1.29 is 24.3 Å². The summed E-state index contributed by atoms with van der Waals surface area (Å²) in [7, 11) is 0. The number of hydrogen-bond donors (Lipinski definition) is 8. The Kier molecular flexibility index (Phi) is 13.2. The number of carbonyl (C=O) groups is 4. The fourth-order valence-corrected chi connectivity index (χ4v) is 2.69. The molecule has 13 heteroatoms. The molecule has 0 saturated carbocycles. The minimum absolute atomic E-state index is 0.0734. The number of carboxylic acid groups (broad SMARTS) is 1. The molecule has 4 atom stereocenters. The van der Waals surface area contributed by atoms with Crippen LogP contribution in [-0.2, 0) is 19.2 Å². The molecule has 0 aromatic heterocycles. The number of amides is 3. The largest absolute Gasteiger partial charge is 0.480 e. The van der Waals surface area contributed by atoms with E-state index in [-0.39, 0.29) is 37.1 Å². The first-order valence-corrected chi connectivity index (χ1v) is 10.2. The average Bonchev–Trinajstić information content (AvgIpc) is 2.70. The number of nitrogens with two attached hydrogens (primary N) is 3.